The molecule has 1 saturated carbocycles. The van der Waals surface area contributed by atoms with Crippen LogP contribution in [0.1, 0.15) is 36.9 Å². The molecule has 82 valence electrons. The minimum atomic E-state index is -0.0183. The molecule has 4 heteroatoms. The smallest absolute Gasteiger partial charge is 0.316 e. The molecular weight excluding hydrogens is 192 g/mol. The second-order valence-electron chi connectivity index (χ2n) is 3.95. The van der Waals surface area contributed by atoms with Crippen LogP contribution in [0.4, 0.5) is 0 Å². The summed E-state index contributed by atoms with van der Waals surface area (Å²) < 4.78 is 5.65. The van der Waals surface area contributed by atoms with Gasteiger partial charge in [0, 0.05) is 11.8 Å². The van der Waals surface area contributed by atoms with E-state index in [9.17, 15) is 0 Å². The maximum atomic E-state index is 8.97. The number of aromatic nitrogens is 2. The number of aliphatic hydroxyl groups is 1. The average Bonchev–Trinajstić information content (AvgIpc) is 2.71. The Bertz CT molecular complexity index is 335. The van der Waals surface area contributed by atoms with Crippen molar-refractivity contribution in [3.05, 3.63) is 17.5 Å². The molecule has 0 aromatic carbocycles. The zero-order valence-corrected chi connectivity index (χ0v) is 8.94. The van der Waals surface area contributed by atoms with Gasteiger partial charge in [0.25, 0.3) is 0 Å². The fourth-order valence-electron chi connectivity index (χ4n) is 1.84. The second kappa shape index (κ2) is 4.57. The van der Waals surface area contributed by atoms with Gasteiger partial charge in [-0.15, -0.1) is 0 Å². The van der Waals surface area contributed by atoms with Crippen LogP contribution < -0.4 is 4.74 Å². The van der Waals surface area contributed by atoms with Crippen molar-refractivity contribution in [2.24, 2.45) is 0 Å². The van der Waals surface area contributed by atoms with E-state index in [1.54, 1.807) is 6.20 Å². The van der Waals surface area contributed by atoms with E-state index >= 15 is 0 Å². The first-order valence-electron chi connectivity index (χ1n) is 5.39. The van der Waals surface area contributed by atoms with Gasteiger partial charge in [0.1, 0.15) is 6.10 Å². The molecule has 0 saturated heterocycles. The number of hydrogen-bond acceptors (Lipinski definition) is 4. The van der Waals surface area contributed by atoms with Crippen LogP contribution in [0.5, 0.6) is 6.01 Å². The molecule has 0 atom stereocenters. The standard InChI is InChI=1S/C11H16N2O2/c1-8-9(7-14)6-12-11(13-8)15-10-4-2-3-5-10/h6,10,14H,2-5,7H2,1H3. The Morgan fingerprint density at radius 1 is 1.47 bits per heavy atom. The molecule has 1 aromatic rings. The maximum absolute atomic E-state index is 8.97. The summed E-state index contributed by atoms with van der Waals surface area (Å²) in [6.07, 6.45) is 6.59. The molecule has 15 heavy (non-hydrogen) atoms. The van der Waals surface area contributed by atoms with E-state index in [0.29, 0.717) is 6.01 Å². The van der Waals surface area contributed by atoms with Crippen molar-refractivity contribution >= 4 is 0 Å². The van der Waals surface area contributed by atoms with E-state index in [2.05, 4.69) is 9.97 Å². The minimum Gasteiger partial charge on any atom is -0.460 e. The van der Waals surface area contributed by atoms with Crippen molar-refractivity contribution in [1.82, 2.24) is 9.97 Å². The number of aliphatic hydroxyl groups excluding tert-OH is 1. The molecule has 0 spiro atoms. The Hall–Kier alpha value is -1.16. The van der Waals surface area contributed by atoms with E-state index in [4.69, 9.17) is 9.84 Å². The van der Waals surface area contributed by atoms with Gasteiger partial charge in [0.15, 0.2) is 0 Å². The molecule has 0 amide bonds. The van der Waals surface area contributed by atoms with Crippen LogP contribution in [0.15, 0.2) is 6.20 Å². The molecule has 1 heterocycles. The number of nitrogens with zero attached hydrogens (tertiary/aromatic N) is 2. The molecule has 0 aliphatic heterocycles. The summed E-state index contributed by atoms with van der Waals surface area (Å²) in [5.74, 6) is 0. The largest absolute Gasteiger partial charge is 0.460 e. The van der Waals surface area contributed by atoms with E-state index in [0.717, 1.165) is 24.1 Å². The van der Waals surface area contributed by atoms with Gasteiger partial charge < -0.3 is 9.84 Å². The molecular formula is C11H16N2O2. The van der Waals surface area contributed by atoms with Crippen LogP contribution in [0.3, 0.4) is 0 Å². The maximum Gasteiger partial charge on any atom is 0.316 e. The van der Waals surface area contributed by atoms with Crippen molar-refractivity contribution in [2.75, 3.05) is 0 Å². The highest BCUT2D eigenvalue weighted by molar-refractivity contribution is 5.16. The van der Waals surface area contributed by atoms with E-state index < -0.39 is 0 Å². The van der Waals surface area contributed by atoms with Crippen molar-refractivity contribution in [2.45, 2.75) is 45.3 Å². The van der Waals surface area contributed by atoms with Gasteiger partial charge in [0.05, 0.1) is 12.3 Å². The minimum absolute atomic E-state index is 0.0183. The van der Waals surface area contributed by atoms with Crippen LogP contribution in [-0.4, -0.2) is 21.2 Å². The van der Waals surface area contributed by atoms with Gasteiger partial charge in [0.2, 0.25) is 0 Å². The third-order valence-electron chi connectivity index (χ3n) is 2.80. The Morgan fingerprint density at radius 3 is 2.80 bits per heavy atom. The first-order chi connectivity index (χ1) is 7.29. The monoisotopic (exact) mass is 208 g/mol. The highest BCUT2D eigenvalue weighted by Crippen LogP contribution is 2.22. The van der Waals surface area contributed by atoms with Gasteiger partial charge >= 0.3 is 6.01 Å². The van der Waals surface area contributed by atoms with Gasteiger partial charge in [-0.3, -0.25) is 0 Å². The van der Waals surface area contributed by atoms with E-state index in [1.165, 1.54) is 12.8 Å². The average molecular weight is 208 g/mol. The molecule has 4 nitrogen and oxygen atoms in total. The summed E-state index contributed by atoms with van der Waals surface area (Å²) in [6, 6.07) is 0.441. The van der Waals surface area contributed by atoms with Crippen molar-refractivity contribution in [3.63, 3.8) is 0 Å². The Kier molecular flexibility index (Phi) is 3.16. The molecule has 2 rings (SSSR count). The number of ether oxygens (including phenoxy) is 1. The SMILES string of the molecule is Cc1nc(OC2CCCC2)ncc1CO. The molecule has 0 unspecified atom stereocenters. The summed E-state index contributed by atoms with van der Waals surface area (Å²) in [6.45, 7) is 1.84. The molecule has 1 fully saturated rings. The van der Waals surface area contributed by atoms with E-state index in [-0.39, 0.29) is 12.7 Å². The molecule has 0 bridgehead atoms. The predicted molar refractivity (Wildman–Crippen MR) is 55.6 cm³/mol. The molecule has 1 aliphatic carbocycles. The Balaban J connectivity index is 2.05. The topological polar surface area (TPSA) is 55.2 Å². The lowest BCUT2D eigenvalue weighted by Gasteiger charge is -2.11. The van der Waals surface area contributed by atoms with Gasteiger partial charge in [-0.05, 0) is 32.6 Å². The first kappa shape index (κ1) is 10.4. The van der Waals surface area contributed by atoms with Gasteiger partial charge in [-0.25, -0.2) is 9.97 Å². The lowest BCUT2D eigenvalue weighted by Crippen LogP contribution is -2.13. The zero-order valence-electron chi connectivity index (χ0n) is 8.94. The van der Waals surface area contributed by atoms with Crippen molar-refractivity contribution < 1.29 is 9.84 Å². The highest BCUT2D eigenvalue weighted by atomic mass is 16.5. The molecule has 1 aromatic heterocycles. The third-order valence-corrected chi connectivity index (χ3v) is 2.80. The zero-order chi connectivity index (χ0) is 10.7. The third kappa shape index (κ3) is 2.45. The lowest BCUT2D eigenvalue weighted by molar-refractivity contribution is 0.191. The fourth-order valence-corrected chi connectivity index (χ4v) is 1.84. The Labute approximate surface area is 89.3 Å². The van der Waals surface area contributed by atoms with E-state index in [1.807, 2.05) is 6.92 Å². The predicted octanol–water partition coefficient (Wildman–Crippen LogP) is 1.60. The molecule has 1 N–H and O–H groups in total. The number of aryl methyl sites for hydroxylation is 1. The summed E-state index contributed by atoms with van der Waals surface area (Å²) in [7, 11) is 0. The van der Waals surface area contributed by atoms with Gasteiger partial charge in [-0.1, -0.05) is 0 Å². The number of hydrogen-bond donors (Lipinski definition) is 1. The van der Waals surface area contributed by atoms with Crippen LogP contribution in [0.2, 0.25) is 0 Å². The van der Waals surface area contributed by atoms with Crippen LogP contribution >= 0.6 is 0 Å². The van der Waals surface area contributed by atoms with Crippen molar-refractivity contribution in [1.29, 1.82) is 0 Å². The normalized spacial score (nSPS) is 16.9. The number of rotatable bonds is 3. The summed E-state index contributed by atoms with van der Waals surface area (Å²) in [5, 5.41) is 8.97. The lowest BCUT2D eigenvalue weighted by atomic mass is 10.3. The quantitative estimate of drug-likeness (QED) is 0.819. The fraction of sp³-hybridized carbons (Fsp3) is 0.636. The van der Waals surface area contributed by atoms with Crippen LogP contribution in [0.25, 0.3) is 0 Å². The molecule has 1 aliphatic rings. The first-order valence-corrected chi connectivity index (χ1v) is 5.39. The summed E-state index contributed by atoms with van der Waals surface area (Å²) in [5.41, 5.74) is 1.55. The second-order valence-corrected chi connectivity index (χ2v) is 3.95. The van der Waals surface area contributed by atoms with Crippen LogP contribution in [0, 0.1) is 6.92 Å². The van der Waals surface area contributed by atoms with Gasteiger partial charge in [-0.2, -0.15) is 0 Å². The van der Waals surface area contributed by atoms with Crippen molar-refractivity contribution in [3.8, 4) is 6.01 Å². The summed E-state index contributed by atoms with van der Waals surface area (Å²) >= 11 is 0. The molecule has 0 radical (unpaired) electrons. The van der Waals surface area contributed by atoms with Crippen LogP contribution in [-0.2, 0) is 6.61 Å². The highest BCUT2D eigenvalue weighted by Gasteiger charge is 2.17. The summed E-state index contributed by atoms with van der Waals surface area (Å²) in [4.78, 5) is 8.29. The Morgan fingerprint density at radius 2 is 2.20 bits per heavy atom.